The van der Waals surface area contributed by atoms with Crippen LogP contribution in [0.4, 0.5) is 16.2 Å². The summed E-state index contributed by atoms with van der Waals surface area (Å²) >= 11 is 0. The number of amides is 1. The fourth-order valence-corrected chi connectivity index (χ4v) is 2.93. The number of fused-ring (bicyclic) bond motifs is 1. The summed E-state index contributed by atoms with van der Waals surface area (Å²) in [6, 6.07) is 7.55. The molecular formula is C19H22N4O3. The lowest BCUT2D eigenvalue weighted by atomic mass is 10.1. The first kappa shape index (κ1) is 17.8. The number of methoxy groups -OCH3 is 1. The molecule has 136 valence electrons. The van der Waals surface area contributed by atoms with Crippen molar-refractivity contribution >= 4 is 23.1 Å². The SMILES string of the molecule is COC(=O)Nc1cccc(C)c1CNc1c(CO)ccn2cc(C)nc12. The summed E-state index contributed by atoms with van der Waals surface area (Å²) in [5.41, 5.74) is 5.84. The smallest absolute Gasteiger partial charge is 0.411 e. The molecule has 1 amide bonds. The number of ether oxygens (including phenoxy) is 1. The number of hydrogen-bond acceptors (Lipinski definition) is 5. The number of benzene rings is 1. The first-order valence-corrected chi connectivity index (χ1v) is 8.29. The molecule has 1 aromatic carbocycles. The van der Waals surface area contributed by atoms with Gasteiger partial charge in [0.25, 0.3) is 0 Å². The van der Waals surface area contributed by atoms with Crippen LogP contribution in [0.3, 0.4) is 0 Å². The van der Waals surface area contributed by atoms with Gasteiger partial charge in [0, 0.05) is 30.2 Å². The first-order valence-electron chi connectivity index (χ1n) is 8.29. The zero-order valence-electron chi connectivity index (χ0n) is 15.0. The maximum absolute atomic E-state index is 11.6. The molecule has 0 aliphatic carbocycles. The second kappa shape index (κ2) is 7.45. The van der Waals surface area contributed by atoms with E-state index in [-0.39, 0.29) is 6.61 Å². The van der Waals surface area contributed by atoms with E-state index < -0.39 is 6.09 Å². The topological polar surface area (TPSA) is 87.9 Å². The van der Waals surface area contributed by atoms with Crippen molar-refractivity contribution in [3.8, 4) is 0 Å². The Kier molecular flexibility index (Phi) is 5.09. The van der Waals surface area contributed by atoms with Crippen molar-refractivity contribution in [3.05, 3.63) is 59.0 Å². The molecule has 0 aliphatic heterocycles. The number of imidazole rings is 1. The Morgan fingerprint density at radius 1 is 1.31 bits per heavy atom. The van der Waals surface area contributed by atoms with E-state index in [1.165, 1.54) is 7.11 Å². The molecule has 0 saturated heterocycles. The molecule has 0 aliphatic rings. The normalized spacial score (nSPS) is 10.8. The van der Waals surface area contributed by atoms with Gasteiger partial charge in [0.2, 0.25) is 0 Å². The van der Waals surface area contributed by atoms with Crippen molar-refractivity contribution in [3.63, 3.8) is 0 Å². The van der Waals surface area contributed by atoms with Gasteiger partial charge >= 0.3 is 6.09 Å². The maximum atomic E-state index is 11.6. The van der Waals surface area contributed by atoms with Gasteiger partial charge in [0.15, 0.2) is 5.65 Å². The van der Waals surface area contributed by atoms with Crippen LogP contribution in [-0.2, 0) is 17.9 Å². The number of hydrogen-bond donors (Lipinski definition) is 3. The van der Waals surface area contributed by atoms with Crippen LogP contribution < -0.4 is 10.6 Å². The largest absolute Gasteiger partial charge is 0.453 e. The zero-order chi connectivity index (χ0) is 18.7. The summed E-state index contributed by atoms with van der Waals surface area (Å²) in [4.78, 5) is 16.1. The van der Waals surface area contributed by atoms with Crippen molar-refractivity contribution in [1.29, 1.82) is 0 Å². The number of nitrogens with zero attached hydrogens (tertiary/aromatic N) is 2. The summed E-state index contributed by atoms with van der Waals surface area (Å²) in [6.07, 6.45) is 3.29. The van der Waals surface area contributed by atoms with E-state index in [0.29, 0.717) is 12.2 Å². The van der Waals surface area contributed by atoms with Crippen molar-refractivity contribution in [1.82, 2.24) is 9.38 Å². The van der Waals surface area contributed by atoms with Gasteiger partial charge in [-0.15, -0.1) is 0 Å². The zero-order valence-corrected chi connectivity index (χ0v) is 15.0. The summed E-state index contributed by atoms with van der Waals surface area (Å²) in [6.45, 7) is 4.28. The molecular weight excluding hydrogens is 332 g/mol. The number of aryl methyl sites for hydroxylation is 2. The highest BCUT2D eigenvalue weighted by Gasteiger charge is 2.13. The third kappa shape index (κ3) is 3.48. The highest BCUT2D eigenvalue weighted by atomic mass is 16.5. The standard InChI is InChI=1S/C19H22N4O3/c1-12-5-4-6-16(22-19(25)26-3)15(12)9-20-17-14(11-24)7-8-23-10-13(2)21-18(17)23/h4-8,10,20,24H,9,11H2,1-3H3,(H,22,25). The molecule has 3 rings (SSSR count). The van der Waals surface area contributed by atoms with Crippen LogP contribution >= 0.6 is 0 Å². The summed E-state index contributed by atoms with van der Waals surface area (Å²) in [5, 5.41) is 15.8. The van der Waals surface area contributed by atoms with Crippen molar-refractivity contribution in [2.24, 2.45) is 0 Å². The number of anilines is 2. The predicted molar refractivity (Wildman–Crippen MR) is 100 cm³/mol. The maximum Gasteiger partial charge on any atom is 0.411 e. The Balaban J connectivity index is 1.94. The number of nitrogens with one attached hydrogen (secondary N) is 2. The van der Waals surface area contributed by atoms with Crippen LogP contribution in [0.5, 0.6) is 0 Å². The average molecular weight is 354 g/mol. The number of rotatable bonds is 5. The fraction of sp³-hybridized carbons (Fsp3) is 0.263. The van der Waals surface area contributed by atoms with Gasteiger partial charge in [-0.05, 0) is 37.1 Å². The number of carbonyl (C=O) groups excluding carboxylic acids is 1. The van der Waals surface area contributed by atoms with Crippen LogP contribution in [0.25, 0.3) is 5.65 Å². The van der Waals surface area contributed by atoms with Gasteiger partial charge in [-0.3, -0.25) is 5.32 Å². The van der Waals surface area contributed by atoms with Gasteiger partial charge in [-0.1, -0.05) is 12.1 Å². The molecule has 3 N–H and O–H groups in total. The minimum atomic E-state index is -0.515. The highest BCUT2D eigenvalue weighted by Crippen LogP contribution is 2.26. The third-order valence-electron chi connectivity index (χ3n) is 4.28. The number of aliphatic hydroxyl groups excluding tert-OH is 1. The summed E-state index contributed by atoms with van der Waals surface area (Å²) in [7, 11) is 1.33. The Morgan fingerprint density at radius 3 is 2.85 bits per heavy atom. The quantitative estimate of drug-likeness (QED) is 0.655. The van der Waals surface area contributed by atoms with E-state index in [0.717, 1.165) is 33.7 Å². The number of aliphatic hydroxyl groups is 1. The minimum Gasteiger partial charge on any atom is -0.453 e. The molecule has 7 heteroatoms. The van der Waals surface area contributed by atoms with Gasteiger partial charge in [-0.2, -0.15) is 0 Å². The van der Waals surface area contributed by atoms with Crippen molar-refractivity contribution < 1.29 is 14.6 Å². The minimum absolute atomic E-state index is 0.0915. The molecule has 0 saturated carbocycles. The summed E-state index contributed by atoms with van der Waals surface area (Å²) < 4.78 is 6.61. The van der Waals surface area contributed by atoms with Crippen LogP contribution in [0.15, 0.2) is 36.7 Å². The first-order chi connectivity index (χ1) is 12.5. The molecule has 2 aromatic heterocycles. The lowest BCUT2D eigenvalue weighted by Crippen LogP contribution is -2.15. The molecule has 26 heavy (non-hydrogen) atoms. The highest BCUT2D eigenvalue weighted by molar-refractivity contribution is 5.86. The monoisotopic (exact) mass is 354 g/mol. The second-order valence-corrected chi connectivity index (χ2v) is 6.06. The number of pyridine rings is 1. The lowest BCUT2D eigenvalue weighted by molar-refractivity contribution is 0.187. The van der Waals surface area contributed by atoms with E-state index >= 15 is 0 Å². The van der Waals surface area contributed by atoms with Gasteiger partial charge in [0.1, 0.15) is 0 Å². The third-order valence-corrected chi connectivity index (χ3v) is 4.28. The molecule has 3 aromatic rings. The number of aromatic nitrogens is 2. The van der Waals surface area contributed by atoms with E-state index in [9.17, 15) is 9.90 Å². The molecule has 0 unspecified atom stereocenters. The Hall–Kier alpha value is -3.06. The fourth-order valence-electron chi connectivity index (χ4n) is 2.93. The molecule has 7 nitrogen and oxygen atoms in total. The average Bonchev–Trinajstić information content (AvgIpc) is 3.01. The van der Waals surface area contributed by atoms with Crippen LogP contribution in [-0.4, -0.2) is 27.7 Å². The molecule has 0 spiro atoms. The molecule has 2 heterocycles. The van der Waals surface area contributed by atoms with E-state index in [2.05, 4.69) is 15.6 Å². The van der Waals surface area contributed by atoms with Gasteiger partial charge < -0.3 is 19.6 Å². The van der Waals surface area contributed by atoms with Gasteiger partial charge in [0.05, 0.1) is 25.1 Å². The molecule has 0 bridgehead atoms. The van der Waals surface area contributed by atoms with E-state index in [1.54, 1.807) is 0 Å². The Labute approximate surface area is 151 Å². The van der Waals surface area contributed by atoms with Crippen molar-refractivity contribution in [2.45, 2.75) is 27.0 Å². The van der Waals surface area contributed by atoms with Gasteiger partial charge in [-0.25, -0.2) is 9.78 Å². The van der Waals surface area contributed by atoms with Crippen LogP contribution in [0.1, 0.15) is 22.4 Å². The van der Waals surface area contributed by atoms with Crippen LogP contribution in [0.2, 0.25) is 0 Å². The van der Waals surface area contributed by atoms with E-state index in [1.807, 2.05) is 54.9 Å². The van der Waals surface area contributed by atoms with Crippen molar-refractivity contribution in [2.75, 3.05) is 17.7 Å². The Morgan fingerprint density at radius 2 is 2.12 bits per heavy atom. The van der Waals surface area contributed by atoms with Crippen LogP contribution in [0, 0.1) is 13.8 Å². The lowest BCUT2D eigenvalue weighted by Gasteiger charge is -2.16. The molecule has 0 atom stereocenters. The molecule has 0 fully saturated rings. The second-order valence-electron chi connectivity index (χ2n) is 6.06. The predicted octanol–water partition coefficient (Wildman–Crippen LogP) is 3.23. The molecule has 0 radical (unpaired) electrons. The summed E-state index contributed by atoms with van der Waals surface area (Å²) in [5.74, 6) is 0. The number of carbonyl (C=O) groups is 1. The Bertz CT molecular complexity index is 949. The van der Waals surface area contributed by atoms with E-state index in [4.69, 9.17) is 4.74 Å².